The number of hydrogen-bond acceptors (Lipinski definition) is 4. The molecule has 0 bridgehead atoms. The van der Waals surface area contributed by atoms with Crippen LogP contribution in [0.5, 0.6) is 0 Å². The predicted molar refractivity (Wildman–Crippen MR) is 72.0 cm³/mol. The molecule has 0 aliphatic carbocycles. The molecule has 0 unspecified atom stereocenters. The number of nitrogens with zero attached hydrogens (tertiary/aromatic N) is 5. The highest BCUT2D eigenvalue weighted by molar-refractivity contribution is 5.95. The van der Waals surface area contributed by atoms with Crippen molar-refractivity contribution >= 4 is 11.3 Å². The first-order valence-corrected chi connectivity index (χ1v) is 6.38. The van der Waals surface area contributed by atoms with E-state index < -0.39 is 23.2 Å². The van der Waals surface area contributed by atoms with Gasteiger partial charge in [0, 0.05) is 0 Å². The highest BCUT2D eigenvalue weighted by Gasteiger charge is 2.40. The van der Waals surface area contributed by atoms with Crippen LogP contribution in [0.3, 0.4) is 0 Å². The van der Waals surface area contributed by atoms with Gasteiger partial charge < -0.3 is 0 Å². The lowest BCUT2D eigenvalue weighted by Crippen LogP contribution is -2.17. The van der Waals surface area contributed by atoms with Gasteiger partial charge in [0.25, 0.3) is 0 Å². The maximum Gasteiger partial charge on any atom is 0.434 e. The summed E-state index contributed by atoms with van der Waals surface area (Å²) in [5.74, 6) is -0.734. The number of nitriles is 1. The maximum atomic E-state index is 13.4. The largest absolute Gasteiger partial charge is 0.434 e. The second kappa shape index (κ2) is 4.95. The number of carbonyl (C=O) groups excluding carboxylic acids is 1. The highest BCUT2D eigenvalue weighted by Crippen LogP contribution is 2.34. The second-order valence-corrected chi connectivity index (χ2v) is 4.72. The zero-order valence-electron chi connectivity index (χ0n) is 11.7. The van der Waals surface area contributed by atoms with Crippen LogP contribution >= 0.6 is 0 Å². The average molecular weight is 319 g/mol. The van der Waals surface area contributed by atoms with Gasteiger partial charge in [0.15, 0.2) is 11.5 Å². The van der Waals surface area contributed by atoms with Crippen molar-refractivity contribution < 1.29 is 18.0 Å². The van der Waals surface area contributed by atoms with Gasteiger partial charge >= 0.3 is 6.18 Å². The molecule has 23 heavy (non-hydrogen) atoms. The minimum Gasteiger partial charge on any atom is -0.294 e. The summed E-state index contributed by atoms with van der Waals surface area (Å²) < 4.78 is 42.0. The van der Waals surface area contributed by atoms with Gasteiger partial charge in [0.1, 0.15) is 11.8 Å². The Morgan fingerprint density at radius 3 is 2.61 bits per heavy atom. The predicted octanol–water partition coefficient (Wildman–Crippen LogP) is 2.61. The zero-order chi connectivity index (χ0) is 16.8. The third-order valence-electron chi connectivity index (χ3n) is 3.29. The van der Waals surface area contributed by atoms with Gasteiger partial charge in [-0.25, -0.2) is 9.20 Å². The summed E-state index contributed by atoms with van der Waals surface area (Å²) in [6, 6.07) is 6.03. The number of carbonyl (C=O) groups is 1. The Morgan fingerprint density at radius 1 is 1.26 bits per heavy atom. The van der Waals surface area contributed by atoms with Crippen molar-refractivity contribution in [1.29, 1.82) is 5.26 Å². The van der Waals surface area contributed by atoms with Crippen LogP contribution in [0.2, 0.25) is 0 Å². The summed E-state index contributed by atoms with van der Waals surface area (Å²) in [5, 5.41) is 16.6. The van der Waals surface area contributed by atoms with Gasteiger partial charge in [-0.3, -0.25) is 4.79 Å². The molecule has 3 rings (SSSR count). The number of rotatable bonds is 2. The van der Waals surface area contributed by atoms with Gasteiger partial charge in [-0.15, -0.1) is 0 Å². The van der Waals surface area contributed by atoms with Crippen molar-refractivity contribution in [1.82, 2.24) is 19.4 Å². The average Bonchev–Trinajstić information content (AvgIpc) is 3.12. The van der Waals surface area contributed by atoms with Crippen LogP contribution in [0.1, 0.15) is 28.7 Å². The van der Waals surface area contributed by atoms with Crippen LogP contribution in [0, 0.1) is 11.3 Å². The Kier molecular flexibility index (Phi) is 3.18. The fourth-order valence-electron chi connectivity index (χ4n) is 2.33. The van der Waals surface area contributed by atoms with Gasteiger partial charge in [0.05, 0.1) is 29.2 Å². The molecule has 0 fully saturated rings. The summed E-state index contributed by atoms with van der Waals surface area (Å²) >= 11 is 0. The van der Waals surface area contributed by atoms with Crippen LogP contribution in [0.4, 0.5) is 13.2 Å². The van der Waals surface area contributed by atoms with Crippen molar-refractivity contribution in [3.63, 3.8) is 0 Å². The van der Waals surface area contributed by atoms with Gasteiger partial charge in [-0.05, 0) is 25.1 Å². The summed E-state index contributed by atoms with van der Waals surface area (Å²) in [7, 11) is 0. The molecule has 0 amide bonds. The van der Waals surface area contributed by atoms with E-state index in [9.17, 15) is 18.0 Å². The SMILES string of the molecule is CC(=O)c1cnn(-c2ccc(C#N)n3nccc23)c1C(F)(F)F. The van der Waals surface area contributed by atoms with Crippen LogP contribution < -0.4 is 0 Å². The Morgan fingerprint density at radius 2 is 2.00 bits per heavy atom. The third kappa shape index (κ3) is 2.24. The Balaban J connectivity index is 2.35. The van der Waals surface area contributed by atoms with E-state index >= 15 is 0 Å². The first-order chi connectivity index (χ1) is 10.8. The van der Waals surface area contributed by atoms with E-state index in [-0.39, 0.29) is 16.9 Å². The monoisotopic (exact) mass is 319 g/mol. The number of aromatic nitrogens is 4. The Labute approximate surface area is 127 Å². The number of fused-ring (bicyclic) bond motifs is 1. The lowest BCUT2D eigenvalue weighted by Gasteiger charge is -2.13. The molecule has 3 aromatic rings. The second-order valence-electron chi connectivity index (χ2n) is 4.72. The quantitative estimate of drug-likeness (QED) is 0.680. The molecule has 0 N–H and O–H groups in total. The zero-order valence-corrected chi connectivity index (χ0v) is 11.7. The van der Waals surface area contributed by atoms with Crippen molar-refractivity contribution in [3.05, 3.63) is 47.5 Å². The van der Waals surface area contributed by atoms with E-state index in [1.807, 2.05) is 6.07 Å². The molecule has 0 aliphatic heterocycles. The van der Waals surface area contributed by atoms with E-state index in [2.05, 4.69) is 10.2 Å². The first kappa shape index (κ1) is 14.8. The summed E-state index contributed by atoms with van der Waals surface area (Å²) in [6.45, 7) is 1.05. The lowest BCUT2D eigenvalue weighted by atomic mass is 10.1. The molecule has 6 nitrogen and oxygen atoms in total. The molecule has 0 spiro atoms. The molecule has 0 saturated heterocycles. The number of Topliss-reactive ketones (excluding diaryl/α,β-unsaturated/α-hetero) is 1. The van der Waals surface area contributed by atoms with E-state index in [0.717, 1.165) is 13.1 Å². The molecule has 0 atom stereocenters. The summed E-state index contributed by atoms with van der Waals surface area (Å²) in [4.78, 5) is 11.5. The normalized spacial score (nSPS) is 11.6. The molecular weight excluding hydrogens is 311 g/mol. The molecular formula is C14H8F3N5O. The number of hydrogen-bond donors (Lipinski definition) is 0. The van der Waals surface area contributed by atoms with E-state index in [4.69, 9.17) is 5.26 Å². The third-order valence-corrected chi connectivity index (χ3v) is 3.29. The molecule has 0 radical (unpaired) electrons. The molecule has 0 aliphatic rings. The van der Waals surface area contributed by atoms with Gasteiger partial charge in [0.2, 0.25) is 0 Å². The number of alkyl halides is 3. The van der Waals surface area contributed by atoms with Crippen molar-refractivity contribution in [2.45, 2.75) is 13.1 Å². The van der Waals surface area contributed by atoms with E-state index in [0.29, 0.717) is 4.68 Å². The standard InChI is InChI=1S/C14H8F3N5O/c1-8(23)10-7-20-22(13(10)14(15,16)17)11-3-2-9(6-18)21-12(11)4-5-19-21/h2-5,7H,1H3. The number of pyridine rings is 1. The van der Waals surface area contributed by atoms with Gasteiger partial charge in [-0.2, -0.15) is 28.6 Å². The Bertz CT molecular complexity index is 961. The fourth-order valence-corrected chi connectivity index (χ4v) is 2.33. The molecule has 116 valence electrons. The summed E-state index contributed by atoms with van der Waals surface area (Å²) in [6.07, 6.45) is -2.51. The maximum absolute atomic E-state index is 13.4. The first-order valence-electron chi connectivity index (χ1n) is 6.38. The molecule has 9 heteroatoms. The summed E-state index contributed by atoms with van der Waals surface area (Å²) in [5.41, 5.74) is -1.16. The molecule has 3 heterocycles. The lowest BCUT2D eigenvalue weighted by molar-refractivity contribution is -0.143. The molecule has 0 saturated carbocycles. The van der Waals surface area contributed by atoms with E-state index in [1.54, 1.807) is 0 Å². The number of halogens is 3. The van der Waals surface area contributed by atoms with Crippen molar-refractivity contribution in [3.8, 4) is 11.8 Å². The fraction of sp³-hybridized carbons (Fsp3) is 0.143. The van der Waals surface area contributed by atoms with Crippen LogP contribution in [0.15, 0.2) is 30.6 Å². The van der Waals surface area contributed by atoms with Crippen LogP contribution in [0.25, 0.3) is 11.2 Å². The van der Waals surface area contributed by atoms with Gasteiger partial charge in [-0.1, -0.05) is 0 Å². The number of ketones is 1. The topological polar surface area (TPSA) is 76.0 Å². The van der Waals surface area contributed by atoms with E-state index in [1.165, 1.54) is 28.9 Å². The minimum atomic E-state index is -4.76. The highest BCUT2D eigenvalue weighted by atomic mass is 19.4. The van der Waals surface area contributed by atoms with Crippen LogP contribution in [-0.4, -0.2) is 25.2 Å². The van der Waals surface area contributed by atoms with Crippen molar-refractivity contribution in [2.24, 2.45) is 0 Å². The van der Waals surface area contributed by atoms with Crippen LogP contribution in [-0.2, 0) is 6.18 Å². The smallest absolute Gasteiger partial charge is 0.294 e. The minimum absolute atomic E-state index is 0.0707. The van der Waals surface area contributed by atoms with Crippen molar-refractivity contribution in [2.75, 3.05) is 0 Å². The molecule has 3 aromatic heterocycles. The molecule has 0 aromatic carbocycles. The Hall–Kier alpha value is -3.15.